The Balaban J connectivity index is 0.000000322. The van der Waals surface area contributed by atoms with E-state index in [0.717, 1.165) is 4.83 Å². The first kappa shape index (κ1) is 15.4. The highest BCUT2D eigenvalue weighted by molar-refractivity contribution is 9.09. The molecule has 1 N–H and O–H groups in total. The molecule has 0 aromatic rings. The molecule has 1 saturated heterocycles. The van der Waals surface area contributed by atoms with Crippen LogP contribution in [-0.4, -0.2) is 17.9 Å². The third-order valence-corrected chi connectivity index (χ3v) is 3.61. The van der Waals surface area contributed by atoms with E-state index in [0.29, 0.717) is 0 Å². The average Bonchev–Trinajstić information content (AvgIpc) is 2.82. The van der Waals surface area contributed by atoms with Gasteiger partial charge in [-0.3, -0.25) is 0 Å². The Hall–Kier alpha value is 0.440. The second kappa shape index (κ2) is 12.5. The molecule has 0 atom stereocenters. The number of alkyl halides is 1. The highest BCUT2D eigenvalue weighted by Gasteiger charge is 2.00. The predicted molar refractivity (Wildman–Crippen MR) is 73.9 cm³/mol. The lowest BCUT2D eigenvalue weighted by Crippen LogP contribution is -2.03. The Labute approximate surface area is 105 Å². The van der Waals surface area contributed by atoms with Crippen molar-refractivity contribution in [3.63, 3.8) is 0 Å². The molecule has 1 heterocycles. The summed E-state index contributed by atoms with van der Waals surface area (Å²) in [6.07, 6.45) is 10.9. The van der Waals surface area contributed by atoms with E-state index < -0.39 is 0 Å². The van der Waals surface area contributed by atoms with E-state index in [2.05, 4.69) is 35.1 Å². The SMILES string of the molecule is C1CCNC1.CCCCC(Br)CCCC. The van der Waals surface area contributed by atoms with Crippen LogP contribution in [-0.2, 0) is 0 Å². The minimum atomic E-state index is 0.785. The van der Waals surface area contributed by atoms with E-state index >= 15 is 0 Å². The van der Waals surface area contributed by atoms with Crippen LogP contribution in [0.2, 0.25) is 0 Å². The minimum absolute atomic E-state index is 0.785. The number of unbranched alkanes of at least 4 members (excludes halogenated alkanes) is 2. The molecule has 0 saturated carbocycles. The number of halogens is 1. The van der Waals surface area contributed by atoms with Crippen LogP contribution in [0.4, 0.5) is 0 Å². The number of hydrogen-bond donors (Lipinski definition) is 1. The Morgan fingerprint density at radius 3 is 1.73 bits per heavy atom. The summed E-state index contributed by atoms with van der Waals surface area (Å²) < 4.78 is 0. The standard InChI is InChI=1S/C9H19Br.C4H9N/c1-3-5-7-9(10)8-6-4-2;1-2-4-5-3-1/h9H,3-8H2,1-2H3;5H,1-4H2. The Kier molecular flexibility index (Phi) is 12.9. The van der Waals surface area contributed by atoms with E-state index in [1.807, 2.05) is 0 Å². The Morgan fingerprint density at radius 1 is 1.00 bits per heavy atom. The lowest BCUT2D eigenvalue weighted by atomic mass is 10.1. The quantitative estimate of drug-likeness (QED) is 0.705. The molecular weight excluding hydrogens is 250 g/mol. The monoisotopic (exact) mass is 277 g/mol. The summed E-state index contributed by atoms with van der Waals surface area (Å²) in [4.78, 5) is 0.785. The molecule has 1 aliphatic heterocycles. The van der Waals surface area contributed by atoms with Crippen molar-refractivity contribution in [3.8, 4) is 0 Å². The van der Waals surface area contributed by atoms with Gasteiger partial charge in [0.05, 0.1) is 0 Å². The lowest BCUT2D eigenvalue weighted by molar-refractivity contribution is 0.622. The summed E-state index contributed by atoms with van der Waals surface area (Å²) in [6.45, 7) is 7.00. The summed E-state index contributed by atoms with van der Waals surface area (Å²) in [7, 11) is 0. The van der Waals surface area contributed by atoms with Gasteiger partial charge in [0.1, 0.15) is 0 Å². The summed E-state index contributed by atoms with van der Waals surface area (Å²) in [5.41, 5.74) is 0. The Bertz CT molecular complexity index is 97.5. The third kappa shape index (κ3) is 12.4. The van der Waals surface area contributed by atoms with Crippen molar-refractivity contribution < 1.29 is 0 Å². The largest absolute Gasteiger partial charge is 0.317 e. The third-order valence-electron chi connectivity index (χ3n) is 2.70. The van der Waals surface area contributed by atoms with Crippen molar-refractivity contribution in [1.82, 2.24) is 5.32 Å². The highest BCUT2D eigenvalue weighted by atomic mass is 79.9. The van der Waals surface area contributed by atoms with E-state index in [1.165, 1.54) is 64.5 Å². The van der Waals surface area contributed by atoms with Crippen LogP contribution >= 0.6 is 15.9 Å². The van der Waals surface area contributed by atoms with Crippen LogP contribution in [0.5, 0.6) is 0 Å². The molecule has 0 unspecified atom stereocenters. The smallest absolute Gasteiger partial charge is 0.0145 e. The zero-order valence-corrected chi connectivity index (χ0v) is 12.1. The van der Waals surface area contributed by atoms with Crippen molar-refractivity contribution >= 4 is 15.9 Å². The fourth-order valence-electron chi connectivity index (χ4n) is 1.62. The van der Waals surface area contributed by atoms with Gasteiger partial charge >= 0.3 is 0 Å². The highest BCUT2D eigenvalue weighted by Crippen LogP contribution is 2.15. The molecule has 1 nitrogen and oxygen atoms in total. The van der Waals surface area contributed by atoms with E-state index in [-0.39, 0.29) is 0 Å². The molecule has 0 bridgehead atoms. The second-order valence-corrected chi connectivity index (χ2v) is 5.63. The number of nitrogens with one attached hydrogen (secondary N) is 1. The molecule has 1 aliphatic rings. The topological polar surface area (TPSA) is 12.0 Å². The molecule has 0 amide bonds. The van der Waals surface area contributed by atoms with Gasteiger partial charge in [-0.15, -0.1) is 0 Å². The van der Waals surface area contributed by atoms with E-state index in [1.54, 1.807) is 0 Å². The van der Waals surface area contributed by atoms with Crippen LogP contribution in [0, 0.1) is 0 Å². The summed E-state index contributed by atoms with van der Waals surface area (Å²) in [5, 5.41) is 3.22. The molecule has 92 valence electrons. The second-order valence-electron chi connectivity index (χ2n) is 4.34. The fourth-order valence-corrected chi connectivity index (χ4v) is 2.27. The van der Waals surface area contributed by atoms with Gasteiger partial charge in [-0.2, -0.15) is 0 Å². The van der Waals surface area contributed by atoms with Crippen molar-refractivity contribution in [2.45, 2.75) is 70.0 Å². The van der Waals surface area contributed by atoms with Gasteiger partial charge in [0, 0.05) is 4.83 Å². The van der Waals surface area contributed by atoms with Crippen molar-refractivity contribution in [2.75, 3.05) is 13.1 Å². The fraction of sp³-hybridized carbons (Fsp3) is 1.00. The van der Waals surface area contributed by atoms with Crippen molar-refractivity contribution in [1.29, 1.82) is 0 Å². The van der Waals surface area contributed by atoms with Gasteiger partial charge in [0.15, 0.2) is 0 Å². The maximum absolute atomic E-state index is 3.68. The molecule has 2 heteroatoms. The van der Waals surface area contributed by atoms with Gasteiger partial charge in [-0.25, -0.2) is 0 Å². The van der Waals surface area contributed by atoms with Gasteiger partial charge in [-0.1, -0.05) is 55.5 Å². The van der Waals surface area contributed by atoms with Gasteiger partial charge in [-0.05, 0) is 38.8 Å². The maximum Gasteiger partial charge on any atom is 0.0145 e. The molecule has 0 radical (unpaired) electrons. The minimum Gasteiger partial charge on any atom is -0.317 e. The van der Waals surface area contributed by atoms with E-state index in [4.69, 9.17) is 0 Å². The zero-order chi connectivity index (χ0) is 11.4. The molecule has 1 fully saturated rings. The first-order valence-corrected chi connectivity index (χ1v) is 7.57. The molecule has 0 spiro atoms. The molecule has 0 aromatic carbocycles. The van der Waals surface area contributed by atoms with Crippen LogP contribution in [0.25, 0.3) is 0 Å². The molecule has 0 aliphatic carbocycles. The summed E-state index contributed by atoms with van der Waals surface area (Å²) in [6, 6.07) is 0. The summed E-state index contributed by atoms with van der Waals surface area (Å²) >= 11 is 3.68. The number of rotatable bonds is 6. The van der Waals surface area contributed by atoms with Gasteiger partial charge in [0.25, 0.3) is 0 Å². The van der Waals surface area contributed by atoms with Gasteiger partial charge < -0.3 is 5.32 Å². The maximum atomic E-state index is 3.68. The van der Waals surface area contributed by atoms with Crippen molar-refractivity contribution in [2.24, 2.45) is 0 Å². The molecule has 0 aromatic heterocycles. The van der Waals surface area contributed by atoms with Crippen LogP contribution < -0.4 is 5.32 Å². The van der Waals surface area contributed by atoms with Crippen LogP contribution in [0.15, 0.2) is 0 Å². The lowest BCUT2D eigenvalue weighted by Gasteiger charge is -2.06. The van der Waals surface area contributed by atoms with Crippen molar-refractivity contribution in [3.05, 3.63) is 0 Å². The van der Waals surface area contributed by atoms with Crippen LogP contribution in [0.3, 0.4) is 0 Å². The van der Waals surface area contributed by atoms with Crippen LogP contribution in [0.1, 0.15) is 65.2 Å². The zero-order valence-electron chi connectivity index (χ0n) is 10.5. The first-order chi connectivity index (χ1) is 7.31. The van der Waals surface area contributed by atoms with E-state index in [9.17, 15) is 0 Å². The Morgan fingerprint density at radius 2 is 1.47 bits per heavy atom. The predicted octanol–water partition coefficient (Wildman–Crippen LogP) is 4.50. The molecule has 1 rings (SSSR count). The first-order valence-electron chi connectivity index (χ1n) is 6.66. The summed E-state index contributed by atoms with van der Waals surface area (Å²) in [5.74, 6) is 0. The normalized spacial score (nSPS) is 15.2. The molecular formula is C13H28BrN. The average molecular weight is 278 g/mol. The van der Waals surface area contributed by atoms with Gasteiger partial charge in [0.2, 0.25) is 0 Å². The molecule has 15 heavy (non-hydrogen) atoms. The number of hydrogen-bond acceptors (Lipinski definition) is 1.